The fourth-order valence-corrected chi connectivity index (χ4v) is 3.20. The monoisotopic (exact) mass is 329 g/mol. The lowest BCUT2D eigenvalue weighted by Gasteiger charge is -2.31. The van der Waals surface area contributed by atoms with Gasteiger partial charge in [0.2, 0.25) is 0 Å². The fraction of sp³-hybridized carbons (Fsp3) is 0.611. The molecule has 0 amide bonds. The van der Waals surface area contributed by atoms with E-state index in [0.717, 1.165) is 50.1 Å². The van der Waals surface area contributed by atoms with Crippen molar-refractivity contribution < 1.29 is 4.74 Å². The number of aryl methyl sites for hydroxylation is 1. The molecule has 6 heteroatoms. The molecule has 2 aromatic rings. The van der Waals surface area contributed by atoms with Crippen LogP contribution in [0.25, 0.3) is 0 Å². The number of rotatable bonds is 6. The Morgan fingerprint density at radius 2 is 2.04 bits per heavy atom. The summed E-state index contributed by atoms with van der Waals surface area (Å²) in [6, 6.07) is 2.08. The molecular weight excluding hydrogens is 302 g/mol. The van der Waals surface area contributed by atoms with Crippen molar-refractivity contribution >= 4 is 5.82 Å². The number of imidazole rings is 1. The first-order valence-corrected chi connectivity index (χ1v) is 8.87. The van der Waals surface area contributed by atoms with Gasteiger partial charge in [0.05, 0.1) is 6.04 Å². The zero-order valence-electron chi connectivity index (χ0n) is 14.8. The lowest BCUT2D eigenvalue weighted by Crippen LogP contribution is -2.29. The van der Waals surface area contributed by atoms with E-state index >= 15 is 0 Å². The second-order valence-corrected chi connectivity index (χ2v) is 6.60. The van der Waals surface area contributed by atoms with Crippen LogP contribution in [-0.4, -0.2) is 32.7 Å². The van der Waals surface area contributed by atoms with Crippen molar-refractivity contribution in [3.8, 4) is 0 Å². The van der Waals surface area contributed by atoms with Crippen molar-refractivity contribution in [2.75, 3.05) is 18.5 Å². The zero-order chi connectivity index (χ0) is 16.9. The van der Waals surface area contributed by atoms with Crippen LogP contribution in [0, 0.1) is 5.92 Å². The molecule has 3 heterocycles. The third-order valence-corrected chi connectivity index (χ3v) is 4.60. The Bertz CT molecular complexity index is 648. The summed E-state index contributed by atoms with van der Waals surface area (Å²) in [5.74, 6) is 3.62. The molecule has 6 nitrogen and oxygen atoms in total. The van der Waals surface area contributed by atoms with Gasteiger partial charge in [-0.1, -0.05) is 13.8 Å². The van der Waals surface area contributed by atoms with E-state index in [0.29, 0.717) is 11.8 Å². The van der Waals surface area contributed by atoms with Crippen LogP contribution in [0.1, 0.15) is 57.2 Å². The summed E-state index contributed by atoms with van der Waals surface area (Å²) in [5, 5.41) is 3.63. The van der Waals surface area contributed by atoms with Crippen molar-refractivity contribution in [2.24, 2.45) is 5.92 Å². The minimum atomic E-state index is 0.138. The Morgan fingerprint density at radius 1 is 1.25 bits per heavy atom. The zero-order valence-corrected chi connectivity index (χ0v) is 14.8. The van der Waals surface area contributed by atoms with Crippen molar-refractivity contribution in [2.45, 2.75) is 52.1 Å². The van der Waals surface area contributed by atoms with Gasteiger partial charge in [-0.15, -0.1) is 0 Å². The van der Waals surface area contributed by atoms with Crippen LogP contribution < -0.4 is 5.32 Å². The van der Waals surface area contributed by atoms with Crippen LogP contribution in [0.4, 0.5) is 5.82 Å². The highest BCUT2D eigenvalue weighted by atomic mass is 16.5. The van der Waals surface area contributed by atoms with Gasteiger partial charge in [0.15, 0.2) is 0 Å². The van der Waals surface area contributed by atoms with Crippen LogP contribution in [0.3, 0.4) is 0 Å². The molecule has 0 saturated carbocycles. The van der Waals surface area contributed by atoms with Crippen LogP contribution in [0.2, 0.25) is 0 Å². The van der Waals surface area contributed by atoms with Gasteiger partial charge in [0, 0.05) is 44.3 Å². The van der Waals surface area contributed by atoms with Gasteiger partial charge < -0.3 is 14.6 Å². The highest BCUT2D eigenvalue weighted by Crippen LogP contribution is 2.32. The SMILES string of the molecule is CCn1ccnc1C(Nc1ccnc(C(C)C)n1)C1CCOCC1. The summed E-state index contributed by atoms with van der Waals surface area (Å²) in [6.45, 7) is 8.91. The maximum Gasteiger partial charge on any atom is 0.133 e. The fourth-order valence-electron chi connectivity index (χ4n) is 3.20. The van der Waals surface area contributed by atoms with Crippen molar-refractivity contribution in [1.82, 2.24) is 19.5 Å². The smallest absolute Gasteiger partial charge is 0.133 e. The van der Waals surface area contributed by atoms with Gasteiger partial charge in [0.1, 0.15) is 17.5 Å². The average Bonchev–Trinajstić information content (AvgIpc) is 3.09. The van der Waals surface area contributed by atoms with E-state index in [1.807, 2.05) is 24.7 Å². The first kappa shape index (κ1) is 16.9. The average molecular weight is 329 g/mol. The van der Waals surface area contributed by atoms with Crippen molar-refractivity contribution in [3.05, 3.63) is 36.3 Å². The van der Waals surface area contributed by atoms with Gasteiger partial charge in [-0.05, 0) is 31.7 Å². The standard InChI is InChI=1S/C18H27N5O/c1-4-23-10-9-20-18(23)16(14-6-11-24-12-7-14)21-15-5-8-19-17(22-15)13(2)3/h5,8-10,13-14,16H,4,6-7,11-12H2,1-3H3,(H,19,21,22). The number of ether oxygens (including phenoxy) is 1. The molecule has 130 valence electrons. The van der Waals surface area contributed by atoms with Crippen molar-refractivity contribution in [3.63, 3.8) is 0 Å². The summed E-state index contributed by atoms with van der Waals surface area (Å²) in [7, 11) is 0. The number of aromatic nitrogens is 4. The molecule has 1 aliphatic rings. The highest BCUT2D eigenvalue weighted by Gasteiger charge is 2.29. The summed E-state index contributed by atoms with van der Waals surface area (Å²) in [5.41, 5.74) is 0. The molecule has 1 aliphatic heterocycles. The van der Waals surface area contributed by atoms with Crippen LogP contribution in [0.15, 0.2) is 24.7 Å². The Kier molecular flexibility index (Phi) is 5.45. The number of anilines is 1. The molecule has 1 unspecified atom stereocenters. The summed E-state index contributed by atoms with van der Waals surface area (Å²) >= 11 is 0. The van der Waals surface area contributed by atoms with Gasteiger partial charge in [-0.3, -0.25) is 0 Å². The molecule has 2 aromatic heterocycles. The Labute approximate surface area is 143 Å². The molecule has 0 radical (unpaired) electrons. The Morgan fingerprint density at radius 3 is 2.75 bits per heavy atom. The summed E-state index contributed by atoms with van der Waals surface area (Å²) in [6.07, 6.45) is 7.83. The quantitative estimate of drug-likeness (QED) is 0.880. The number of nitrogens with one attached hydrogen (secondary N) is 1. The maximum absolute atomic E-state index is 5.54. The molecule has 0 aromatic carbocycles. The van der Waals surface area contributed by atoms with Gasteiger partial charge in [0.25, 0.3) is 0 Å². The minimum absolute atomic E-state index is 0.138. The third-order valence-electron chi connectivity index (χ3n) is 4.60. The predicted molar refractivity (Wildman–Crippen MR) is 93.9 cm³/mol. The van der Waals surface area contributed by atoms with Crippen LogP contribution in [0.5, 0.6) is 0 Å². The van der Waals surface area contributed by atoms with E-state index < -0.39 is 0 Å². The molecule has 0 spiro atoms. The second kappa shape index (κ2) is 7.75. The summed E-state index contributed by atoms with van der Waals surface area (Å²) < 4.78 is 7.75. The van der Waals surface area contributed by atoms with Gasteiger partial charge in [-0.2, -0.15) is 0 Å². The molecule has 1 atom stereocenters. The minimum Gasteiger partial charge on any atom is -0.381 e. The second-order valence-electron chi connectivity index (χ2n) is 6.60. The van der Waals surface area contributed by atoms with Crippen molar-refractivity contribution in [1.29, 1.82) is 0 Å². The summed E-state index contributed by atoms with van der Waals surface area (Å²) in [4.78, 5) is 13.7. The molecule has 24 heavy (non-hydrogen) atoms. The number of hydrogen-bond donors (Lipinski definition) is 1. The molecule has 3 rings (SSSR count). The first-order chi connectivity index (χ1) is 11.7. The van der Waals surface area contributed by atoms with Gasteiger partial charge in [-0.25, -0.2) is 15.0 Å². The number of nitrogens with zero attached hydrogens (tertiary/aromatic N) is 4. The Balaban J connectivity index is 1.88. The highest BCUT2D eigenvalue weighted by molar-refractivity contribution is 5.36. The number of hydrogen-bond acceptors (Lipinski definition) is 5. The molecular formula is C18H27N5O. The maximum atomic E-state index is 5.54. The third kappa shape index (κ3) is 3.75. The van der Waals surface area contributed by atoms with Crippen LogP contribution >= 0.6 is 0 Å². The first-order valence-electron chi connectivity index (χ1n) is 8.87. The predicted octanol–water partition coefficient (Wildman–Crippen LogP) is 3.40. The molecule has 1 fully saturated rings. The molecule has 1 saturated heterocycles. The van der Waals surface area contributed by atoms with E-state index in [1.54, 1.807) is 0 Å². The normalized spacial score (nSPS) is 17.2. The van der Waals surface area contributed by atoms with Gasteiger partial charge >= 0.3 is 0 Å². The molecule has 0 bridgehead atoms. The van der Waals surface area contributed by atoms with E-state index in [2.05, 4.69) is 45.6 Å². The van der Waals surface area contributed by atoms with E-state index in [9.17, 15) is 0 Å². The molecule has 0 aliphatic carbocycles. The molecule has 1 N–H and O–H groups in total. The topological polar surface area (TPSA) is 64.9 Å². The largest absolute Gasteiger partial charge is 0.381 e. The lowest BCUT2D eigenvalue weighted by atomic mass is 9.91. The van der Waals surface area contributed by atoms with E-state index in [-0.39, 0.29) is 6.04 Å². The van der Waals surface area contributed by atoms with Crippen LogP contribution in [-0.2, 0) is 11.3 Å². The lowest BCUT2D eigenvalue weighted by molar-refractivity contribution is 0.0593. The van der Waals surface area contributed by atoms with E-state index in [1.165, 1.54) is 0 Å². The van der Waals surface area contributed by atoms with E-state index in [4.69, 9.17) is 4.74 Å². The Hall–Kier alpha value is -1.95.